The van der Waals surface area contributed by atoms with Crippen molar-refractivity contribution in [1.29, 1.82) is 0 Å². The normalized spacial score (nSPS) is 14.6. The van der Waals surface area contributed by atoms with Crippen molar-refractivity contribution in [2.24, 2.45) is 0 Å². The minimum atomic E-state index is -4.36. The summed E-state index contributed by atoms with van der Waals surface area (Å²) in [5.74, 6) is 2.03. The molecular formula is C28H40NO5PS. The lowest BCUT2D eigenvalue weighted by atomic mass is 10.1. The van der Waals surface area contributed by atoms with Crippen molar-refractivity contribution in [3.63, 3.8) is 0 Å². The third-order valence-corrected chi connectivity index (χ3v) is 7.58. The summed E-state index contributed by atoms with van der Waals surface area (Å²) in [5.41, 5.74) is 0.988. The summed E-state index contributed by atoms with van der Waals surface area (Å²) in [7, 11) is -4.36. The lowest BCUT2D eigenvalue weighted by Crippen LogP contribution is -2.12. The zero-order valence-electron chi connectivity index (χ0n) is 21.3. The van der Waals surface area contributed by atoms with E-state index in [2.05, 4.69) is 11.8 Å². The van der Waals surface area contributed by atoms with E-state index in [4.69, 9.17) is 13.8 Å². The van der Waals surface area contributed by atoms with Crippen LogP contribution in [0, 0.1) is 0 Å². The smallest absolute Gasteiger partial charge is 0.493 e. The van der Waals surface area contributed by atoms with Crippen LogP contribution in [0.3, 0.4) is 0 Å². The molecule has 2 aromatic carbocycles. The molecule has 0 saturated carbocycles. The van der Waals surface area contributed by atoms with Gasteiger partial charge in [-0.2, -0.15) is 0 Å². The minimum absolute atomic E-state index is 0.233. The fraction of sp³-hybridized carbons (Fsp3) is 0.500. The Morgan fingerprint density at radius 1 is 0.861 bits per heavy atom. The Hall–Kier alpha value is -2.08. The first-order valence-corrected chi connectivity index (χ1v) is 15.6. The van der Waals surface area contributed by atoms with Crippen LogP contribution in [0.2, 0.25) is 0 Å². The first kappa shape index (κ1) is 28.5. The highest BCUT2D eigenvalue weighted by atomic mass is 32.2. The van der Waals surface area contributed by atoms with E-state index in [0.717, 1.165) is 24.3 Å². The minimum Gasteiger partial charge on any atom is -0.493 e. The summed E-state index contributed by atoms with van der Waals surface area (Å²) >= 11 is 1.73. The predicted octanol–water partition coefficient (Wildman–Crippen LogP) is 8.52. The topological polar surface area (TPSA) is 68.2 Å². The van der Waals surface area contributed by atoms with Crippen LogP contribution in [0.4, 0.5) is 0 Å². The number of rotatable bonds is 18. The molecule has 1 atom stereocenters. The van der Waals surface area contributed by atoms with Crippen LogP contribution in [-0.2, 0) is 11.1 Å². The molecule has 8 heteroatoms. The third-order valence-electron chi connectivity index (χ3n) is 5.91. The highest BCUT2D eigenvalue weighted by Gasteiger charge is 2.25. The van der Waals surface area contributed by atoms with E-state index in [0.29, 0.717) is 24.7 Å². The molecule has 1 aliphatic rings. The highest BCUT2D eigenvalue weighted by Crippen LogP contribution is 2.45. The number of ether oxygens (including phenoxy) is 1. The van der Waals surface area contributed by atoms with E-state index in [1.54, 1.807) is 48.2 Å². The molecule has 1 N–H and O–H groups in total. The van der Waals surface area contributed by atoms with Gasteiger partial charge in [0.15, 0.2) is 0 Å². The molecule has 0 aromatic heterocycles. The molecule has 36 heavy (non-hydrogen) atoms. The van der Waals surface area contributed by atoms with Gasteiger partial charge >= 0.3 is 7.82 Å². The van der Waals surface area contributed by atoms with E-state index in [9.17, 15) is 9.46 Å². The van der Waals surface area contributed by atoms with Crippen LogP contribution >= 0.6 is 19.6 Å². The Bertz CT molecular complexity index is 986. The molecule has 1 aliphatic heterocycles. The van der Waals surface area contributed by atoms with Crippen molar-refractivity contribution in [2.75, 3.05) is 12.5 Å². The SMILES string of the molecule is CCCCCCCCCCCCOc1cccc(OP(=O)(O)Oc2cccc(CN3C=CSC3)c2)c1. The Kier molecular flexibility index (Phi) is 12.6. The average molecular weight is 534 g/mol. The number of nitrogens with zero attached hydrogens (tertiary/aromatic N) is 1. The standard InChI is InChI=1S/C28H40NO5PS/c1-2-3-4-5-6-7-8-9-10-11-19-32-26-15-13-17-28(22-26)34-35(30,31)33-27-16-12-14-25(21-27)23-29-18-20-36-24-29/h12-18,20-22H,2-11,19,23-24H2,1H3,(H,30,31). The summed E-state index contributed by atoms with van der Waals surface area (Å²) in [4.78, 5) is 12.5. The summed E-state index contributed by atoms with van der Waals surface area (Å²) in [6.07, 6.45) is 14.8. The van der Waals surface area contributed by atoms with E-state index in [-0.39, 0.29) is 5.75 Å². The van der Waals surface area contributed by atoms with Crippen molar-refractivity contribution in [3.05, 3.63) is 65.7 Å². The Morgan fingerprint density at radius 2 is 1.47 bits per heavy atom. The zero-order valence-corrected chi connectivity index (χ0v) is 23.1. The van der Waals surface area contributed by atoms with Crippen molar-refractivity contribution < 1.29 is 23.2 Å². The van der Waals surface area contributed by atoms with Gasteiger partial charge in [-0.25, -0.2) is 4.57 Å². The average Bonchev–Trinajstić information content (AvgIpc) is 3.35. The summed E-state index contributed by atoms with van der Waals surface area (Å²) < 4.78 is 29.1. The lowest BCUT2D eigenvalue weighted by Gasteiger charge is -2.17. The molecule has 2 aromatic rings. The maximum atomic E-state index is 12.6. The monoisotopic (exact) mass is 533 g/mol. The molecular weight excluding hydrogens is 493 g/mol. The van der Waals surface area contributed by atoms with Crippen LogP contribution in [0.15, 0.2) is 60.1 Å². The van der Waals surface area contributed by atoms with Crippen molar-refractivity contribution in [1.82, 2.24) is 4.90 Å². The Morgan fingerprint density at radius 3 is 2.14 bits per heavy atom. The van der Waals surface area contributed by atoms with Crippen molar-refractivity contribution >= 4 is 19.6 Å². The highest BCUT2D eigenvalue weighted by molar-refractivity contribution is 8.02. The van der Waals surface area contributed by atoms with Gasteiger partial charge in [-0.1, -0.05) is 82.9 Å². The number of hydrogen-bond donors (Lipinski definition) is 1. The summed E-state index contributed by atoms with van der Waals surface area (Å²) in [6, 6.07) is 14.0. The third kappa shape index (κ3) is 11.3. The number of unbranched alkanes of at least 4 members (excludes halogenated alkanes) is 9. The fourth-order valence-electron chi connectivity index (χ4n) is 4.03. The molecule has 0 amide bonds. The van der Waals surface area contributed by atoms with E-state index in [1.165, 1.54) is 51.4 Å². The number of phosphoric acid groups is 1. The van der Waals surface area contributed by atoms with Gasteiger partial charge in [0.25, 0.3) is 0 Å². The molecule has 0 spiro atoms. The lowest BCUT2D eigenvalue weighted by molar-refractivity contribution is 0.287. The van der Waals surface area contributed by atoms with E-state index >= 15 is 0 Å². The van der Waals surface area contributed by atoms with Gasteiger partial charge in [-0.3, -0.25) is 4.89 Å². The zero-order chi connectivity index (χ0) is 25.5. The van der Waals surface area contributed by atoms with Crippen molar-refractivity contribution in [3.8, 4) is 17.2 Å². The second-order valence-corrected chi connectivity index (χ2v) is 11.3. The van der Waals surface area contributed by atoms with Crippen LogP contribution < -0.4 is 13.8 Å². The number of benzene rings is 2. The first-order chi connectivity index (χ1) is 17.5. The quantitative estimate of drug-likeness (QED) is 0.152. The summed E-state index contributed by atoms with van der Waals surface area (Å²) in [6.45, 7) is 3.57. The molecule has 3 rings (SSSR count). The molecule has 0 aliphatic carbocycles. The van der Waals surface area contributed by atoms with Crippen LogP contribution in [-0.4, -0.2) is 22.3 Å². The van der Waals surface area contributed by atoms with Gasteiger partial charge in [0.05, 0.1) is 12.5 Å². The van der Waals surface area contributed by atoms with Crippen LogP contribution in [0.5, 0.6) is 17.2 Å². The molecule has 0 radical (unpaired) electrons. The van der Waals surface area contributed by atoms with E-state index < -0.39 is 7.82 Å². The largest absolute Gasteiger partial charge is 0.584 e. The molecule has 1 heterocycles. The molecule has 198 valence electrons. The van der Waals surface area contributed by atoms with Gasteiger partial charge in [0, 0.05) is 18.8 Å². The molecule has 0 bridgehead atoms. The van der Waals surface area contributed by atoms with Crippen molar-refractivity contribution in [2.45, 2.75) is 77.7 Å². The van der Waals surface area contributed by atoms with Gasteiger partial charge in [0.2, 0.25) is 0 Å². The fourth-order valence-corrected chi connectivity index (χ4v) is 5.54. The summed E-state index contributed by atoms with van der Waals surface area (Å²) in [5, 5.41) is 2.05. The number of phosphoric ester groups is 1. The predicted molar refractivity (Wildman–Crippen MR) is 148 cm³/mol. The van der Waals surface area contributed by atoms with Gasteiger partial charge in [-0.05, 0) is 41.7 Å². The Balaban J connectivity index is 1.36. The Labute approximate surface area is 220 Å². The number of hydrogen-bond acceptors (Lipinski definition) is 6. The van der Waals surface area contributed by atoms with Crippen LogP contribution in [0.1, 0.15) is 76.7 Å². The molecule has 6 nitrogen and oxygen atoms in total. The number of thioether (sulfide) groups is 1. The second-order valence-electron chi connectivity index (χ2n) is 9.13. The maximum Gasteiger partial charge on any atom is 0.584 e. The molecule has 1 unspecified atom stereocenters. The second kappa shape index (κ2) is 15.9. The molecule has 0 saturated heterocycles. The van der Waals surface area contributed by atoms with Gasteiger partial charge in [-0.15, -0.1) is 11.8 Å². The van der Waals surface area contributed by atoms with Gasteiger partial charge < -0.3 is 18.7 Å². The van der Waals surface area contributed by atoms with Gasteiger partial charge in [0.1, 0.15) is 17.2 Å². The van der Waals surface area contributed by atoms with E-state index in [1.807, 2.05) is 23.7 Å². The molecule has 0 fully saturated rings. The van der Waals surface area contributed by atoms with Crippen LogP contribution in [0.25, 0.3) is 0 Å². The first-order valence-electron chi connectivity index (χ1n) is 13.1. The maximum absolute atomic E-state index is 12.6.